The van der Waals surface area contributed by atoms with Gasteiger partial charge in [-0.2, -0.15) is 0 Å². The molecular weight excluding hydrogens is 140 g/mol. The molecule has 2 nitrogen and oxygen atoms in total. The third-order valence-corrected chi connectivity index (χ3v) is 2.53. The Labute approximate surface area is 58.1 Å². The Hall–Kier alpha value is -0.0800. The van der Waals surface area contributed by atoms with Crippen molar-refractivity contribution in [3.05, 3.63) is 0 Å². The molecule has 9 heavy (non-hydrogen) atoms. The fourth-order valence-corrected chi connectivity index (χ4v) is 1.81. The standard InChI is InChI=1S/C6H7ClO2/c7-5(8)6-1-4(2-6)3-9-6/h4H,1-3H2. The lowest BCUT2D eigenvalue weighted by atomic mass is 9.75. The third kappa shape index (κ3) is 0.578. The van der Waals surface area contributed by atoms with Gasteiger partial charge in [-0.15, -0.1) is 0 Å². The summed E-state index contributed by atoms with van der Waals surface area (Å²) in [5.74, 6) is 0.618. The summed E-state index contributed by atoms with van der Waals surface area (Å²) in [6, 6.07) is 0. The van der Waals surface area contributed by atoms with Gasteiger partial charge in [0, 0.05) is 0 Å². The Bertz CT molecular complexity index is 155. The van der Waals surface area contributed by atoms with Crippen LogP contribution in [0.4, 0.5) is 0 Å². The van der Waals surface area contributed by atoms with Crippen molar-refractivity contribution < 1.29 is 9.53 Å². The van der Waals surface area contributed by atoms with Gasteiger partial charge in [-0.3, -0.25) is 4.79 Å². The highest BCUT2D eigenvalue weighted by Gasteiger charge is 2.56. The monoisotopic (exact) mass is 146 g/mol. The molecule has 0 aromatic rings. The molecule has 0 aromatic heterocycles. The molecule has 0 amide bonds. The molecule has 1 aliphatic carbocycles. The van der Waals surface area contributed by atoms with E-state index in [2.05, 4.69) is 0 Å². The molecule has 50 valence electrons. The number of halogens is 1. The van der Waals surface area contributed by atoms with Crippen molar-refractivity contribution in [3.63, 3.8) is 0 Å². The summed E-state index contributed by atoms with van der Waals surface area (Å²) in [4.78, 5) is 10.6. The van der Waals surface area contributed by atoms with Gasteiger partial charge in [0.15, 0.2) is 0 Å². The average Bonchev–Trinajstić information content (AvgIpc) is 2.13. The molecule has 2 heterocycles. The zero-order valence-electron chi connectivity index (χ0n) is 4.89. The minimum atomic E-state index is -0.535. The number of ether oxygens (including phenoxy) is 1. The SMILES string of the molecule is O=C(Cl)C12CC(CO1)C2. The molecule has 3 fully saturated rings. The number of hydrogen-bond acceptors (Lipinski definition) is 2. The van der Waals surface area contributed by atoms with Crippen LogP contribution in [0.2, 0.25) is 0 Å². The Kier molecular flexibility index (Phi) is 0.945. The Morgan fingerprint density at radius 1 is 1.67 bits per heavy atom. The number of carbonyl (C=O) groups excluding carboxylic acids is 1. The number of fused-ring (bicyclic) bond motifs is 1. The van der Waals surface area contributed by atoms with Crippen molar-refractivity contribution in [1.82, 2.24) is 0 Å². The van der Waals surface area contributed by atoms with Crippen LogP contribution in [-0.4, -0.2) is 17.5 Å². The first-order valence-electron chi connectivity index (χ1n) is 3.07. The van der Waals surface area contributed by atoms with Crippen molar-refractivity contribution in [1.29, 1.82) is 0 Å². The van der Waals surface area contributed by atoms with E-state index >= 15 is 0 Å². The maximum absolute atomic E-state index is 10.6. The van der Waals surface area contributed by atoms with Crippen molar-refractivity contribution >= 4 is 16.8 Å². The summed E-state index contributed by atoms with van der Waals surface area (Å²) in [6.45, 7) is 0.735. The first-order valence-corrected chi connectivity index (χ1v) is 3.45. The molecule has 2 saturated heterocycles. The van der Waals surface area contributed by atoms with Gasteiger partial charge in [-0.05, 0) is 30.4 Å². The van der Waals surface area contributed by atoms with Crippen LogP contribution in [0.5, 0.6) is 0 Å². The minimum Gasteiger partial charge on any atom is -0.366 e. The molecule has 0 aromatic carbocycles. The molecule has 2 bridgehead atoms. The second-order valence-electron chi connectivity index (χ2n) is 2.85. The zero-order chi connectivity index (χ0) is 6.48. The molecule has 0 radical (unpaired) electrons. The van der Waals surface area contributed by atoms with Gasteiger partial charge in [-0.25, -0.2) is 0 Å². The van der Waals surface area contributed by atoms with Gasteiger partial charge < -0.3 is 4.74 Å². The van der Waals surface area contributed by atoms with E-state index < -0.39 is 5.60 Å². The van der Waals surface area contributed by atoms with Crippen LogP contribution < -0.4 is 0 Å². The van der Waals surface area contributed by atoms with E-state index in [1.54, 1.807) is 0 Å². The van der Waals surface area contributed by atoms with E-state index in [9.17, 15) is 4.79 Å². The second kappa shape index (κ2) is 1.50. The van der Waals surface area contributed by atoms with Crippen LogP contribution in [0.1, 0.15) is 12.8 Å². The van der Waals surface area contributed by atoms with Crippen molar-refractivity contribution in [3.8, 4) is 0 Å². The second-order valence-corrected chi connectivity index (χ2v) is 3.20. The van der Waals surface area contributed by atoms with Crippen molar-refractivity contribution in [2.24, 2.45) is 5.92 Å². The molecule has 0 atom stereocenters. The summed E-state index contributed by atoms with van der Waals surface area (Å²) in [6.07, 6.45) is 1.71. The average molecular weight is 147 g/mol. The number of carbonyl (C=O) groups is 1. The van der Waals surface area contributed by atoms with Crippen LogP contribution in [0, 0.1) is 5.92 Å². The van der Waals surface area contributed by atoms with E-state index in [0.29, 0.717) is 5.92 Å². The first-order chi connectivity index (χ1) is 4.23. The lowest BCUT2D eigenvalue weighted by Crippen LogP contribution is -2.41. The quantitative estimate of drug-likeness (QED) is 0.515. The van der Waals surface area contributed by atoms with Gasteiger partial charge in [-0.1, -0.05) is 0 Å². The molecule has 2 aliphatic heterocycles. The summed E-state index contributed by atoms with van der Waals surface area (Å²) >= 11 is 5.30. The molecule has 3 aliphatic rings. The predicted molar refractivity (Wildman–Crippen MR) is 32.3 cm³/mol. The van der Waals surface area contributed by atoms with Gasteiger partial charge in [0.1, 0.15) is 5.60 Å². The summed E-state index contributed by atoms with van der Waals surface area (Å²) in [7, 11) is 0. The largest absolute Gasteiger partial charge is 0.366 e. The fraction of sp³-hybridized carbons (Fsp3) is 0.833. The normalized spacial score (nSPS) is 46.6. The predicted octanol–water partition coefficient (Wildman–Crippen LogP) is 0.931. The van der Waals surface area contributed by atoms with Crippen molar-refractivity contribution in [2.45, 2.75) is 18.4 Å². The molecule has 1 saturated carbocycles. The summed E-state index contributed by atoms with van der Waals surface area (Å²) < 4.78 is 5.19. The van der Waals surface area contributed by atoms with E-state index in [4.69, 9.17) is 16.3 Å². The Morgan fingerprint density at radius 3 is 2.56 bits per heavy atom. The highest BCUT2D eigenvalue weighted by Crippen LogP contribution is 2.49. The van der Waals surface area contributed by atoms with Crippen molar-refractivity contribution in [2.75, 3.05) is 6.61 Å². The van der Waals surface area contributed by atoms with Gasteiger partial charge in [0.25, 0.3) is 5.24 Å². The Morgan fingerprint density at radius 2 is 2.33 bits per heavy atom. The topological polar surface area (TPSA) is 26.3 Å². The number of rotatable bonds is 1. The summed E-state index contributed by atoms with van der Waals surface area (Å²) in [5.41, 5.74) is -0.535. The maximum atomic E-state index is 10.6. The van der Waals surface area contributed by atoms with Crippen LogP contribution in [0.15, 0.2) is 0 Å². The Balaban J connectivity index is 2.19. The molecule has 3 heteroatoms. The molecule has 3 rings (SSSR count). The summed E-state index contributed by atoms with van der Waals surface area (Å²) in [5, 5.41) is -0.309. The molecule has 0 unspecified atom stereocenters. The maximum Gasteiger partial charge on any atom is 0.253 e. The van der Waals surface area contributed by atoms with E-state index in [-0.39, 0.29) is 5.24 Å². The zero-order valence-corrected chi connectivity index (χ0v) is 5.65. The van der Waals surface area contributed by atoms with Gasteiger partial charge in [0.2, 0.25) is 0 Å². The number of hydrogen-bond donors (Lipinski definition) is 0. The van der Waals surface area contributed by atoms with Crippen LogP contribution in [-0.2, 0) is 9.53 Å². The minimum absolute atomic E-state index is 0.309. The smallest absolute Gasteiger partial charge is 0.253 e. The van der Waals surface area contributed by atoms with Crippen LogP contribution in [0.3, 0.4) is 0 Å². The molecular formula is C6H7ClO2. The molecule has 0 spiro atoms. The lowest BCUT2D eigenvalue weighted by molar-refractivity contribution is -0.131. The fourth-order valence-electron chi connectivity index (χ4n) is 1.60. The first kappa shape index (κ1) is 5.69. The lowest BCUT2D eigenvalue weighted by Gasteiger charge is -2.31. The molecule has 0 N–H and O–H groups in total. The van der Waals surface area contributed by atoms with E-state index in [0.717, 1.165) is 19.4 Å². The van der Waals surface area contributed by atoms with Gasteiger partial charge in [0.05, 0.1) is 6.61 Å². The van der Waals surface area contributed by atoms with E-state index in [1.165, 1.54) is 0 Å². The van der Waals surface area contributed by atoms with E-state index in [1.807, 2.05) is 0 Å². The highest BCUT2D eigenvalue weighted by atomic mass is 35.5. The van der Waals surface area contributed by atoms with Crippen LogP contribution >= 0.6 is 11.6 Å². The van der Waals surface area contributed by atoms with Crippen LogP contribution in [0.25, 0.3) is 0 Å². The highest BCUT2D eigenvalue weighted by molar-refractivity contribution is 6.65. The third-order valence-electron chi connectivity index (χ3n) is 2.19. The van der Waals surface area contributed by atoms with Gasteiger partial charge >= 0.3 is 0 Å².